The standard InChI is InChI=1S/C16H23N3O2.ClH/c1-2-20-13(9-17-1)14-18-15(19-21-14)16-6-10-3-11(7-16)5-12(4-10)8-16;/h10-13,17H,1-9H2;1H/t10?,11?,12?,13-,16?;/m0./s1. The summed E-state index contributed by atoms with van der Waals surface area (Å²) in [4.78, 5) is 4.78. The van der Waals surface area contributed by atoms with Gasteiger partial charge in [-0.15, -0.1) is 12.4 Å². The normalized spacial score (nSPS) is 43.1. The average Bonchev–Trinajstić information content (AvgIpc) is 2.97. The molecule has 1 atom stereocenters. The lowest BCUT2D eigenvalue weighted by Gasteiger charge is -2.55. The largest absolute Gasteiger partial charge is 0.366 e. The summed E-state index contributed by atoms with van der Waals surface area (Å²) in [6.45, 7) is 2.41. The summed E-state index contributed by atoms with van der Waals surface area (Å²) in [5.41, 5.74) is 0.221. The van der Waals surface area contributed by atoms with Crippen molar-refractivity contribution in [3.05, 3.63) is 11.7 Å². The minimum Gasteiger partial charge on any atom is -0.366 e. The quantitative estimate of drug-likeness (QED) is 0.905. The first-order chi connectivity index (χ1) is 10.3. The number of aromatic nitrogens is 2. The zero-order chi connectivity index (χ0) is 13.9. The maximum atomic E-state index is 5.74. The van der Waals surface area contributed by atoms with Crippen LogP contribution in [0.4, 0.5) is 0 Å². The molecule has 4 saturated carbocycles. The van der Waals surface area contributed by atoms with Crippen molar-refractivity contribution in [3.8, 4) is 0 Å². The highest BCUT2D eigenvalue weighted by atomic mass is 35.5. The fourth-order valence-electron chi connectivity index (χ4n) is 5.69. The van der Waals surface area contributed by atoms with Crippen LogP contribution in [0.25, 0.3) is 0 Å². The van der Waals surface area contributed by atoms with Crippen molar-refractivity contribution in [2.75, 3.05) is 19.7 Å². The minimum atomic E-state index is -0.0612. The van der Waals surface area contributed by atoms with Crippen LogP contribution in [0.2, 0.25) is 0 Å². The molecule has 1 N–H and O–H groups in total. The highest BCUT2D eigenvalue weighted by Crippen LogP contribution is 2.60. The van der Waals surface area contributed by atoms with E-state index in [4.69, 9.17) is 14.2 Å². The number of halogens is 1. The Morgan fingerprint density at radius 2 is 1.73 bits per heavy atom. The van der Waals surface area contributed by atoms with Gasteiger partial charge < -0.3 is 14.6 Å². The van der Waals surface area contributed by atoms with E-state index in [0.717, 1.165) is 43.3 Å². The second kappa shape index (κ2) is 5.46. The zero-order valence-corrected chi connectivity index (χ0v) is 13.6. The molecule has 2 heterocycles. The molecule has 5 fully saturated rings. The van der Waals surface area contributed by atoms with Gasteiger partial charge in [0.1, 0.15) is 6.10 Å². The Bertz CT molecular complexity index is 506. The van der Waals surface area contributed by atoms with Crippen molar-refractivity contribution >= 4 is 12.4 Å². The molecule has 1 aromatic rings. The summed E-state index contributed by atoms with van der Waals surface area (Å²) in [7, 11) is 0. The van der Waals surface area contributed by atoms with Crippen LogP contribution in [-0.4, -0.2) is 29.8 Å². The molecule has 0 radical (unpaired) electrons. The van der Waals surface area contributed by atoms with Crippen LogP contribution in [0.5, 0.6) is 0 Å². The van der Waals surface area contributed by atoms with E-state index in [1.165, 1.54) is 38.5 Å². The van der Waals surface area contributed by atoms with E-state index in [1.807, 2.05) is 0 Å². The number of ether oxygens (including phenoxy) is 1. The van der Waals surface area contributed by atoms with Crippen molar-refractivity contribution in [2.45, 2.75) is 50.0 Å². The first-order valence-electron chi connectivity index (χ1n) is 8.47. The van der Waals surface area contributed by atoms with Gasteiger partial charge in [0.2, 0.25) is 0 Å². The van der Waals surface area contributed by atoms with Gasteiger partial charge in [-0.2, -0.15) is 4.98 Å². The zero-order valence-electron chi connectivity index (χ0n) is 12.8. The van der Waals surface area contributed by atoms with Crippen LogP contribution in [0.1, 0.15) is 56.3 Å². The van der Waals surface area contributed by atoms with Gasteiger partial charge in [-0.05, 0) is 56.3 Å². The number of nitrogens with one attached hydrogen (secondary N) is 1. The fourth-order valence-corrected chi connectivity index (χ4v) is 5.69. The number of hydrogen-bond donors (Lipinski definition) is 1. The molecule has 4 bridgehead atoms. The lowest BCUT2D eigenvalue weighted by atomic mass is 9.49. The van der Waals surface area contributed by atoms with E-state index < -0.39 is 0 Å². The van der Waals surface area contributed by atoms with Gasteiger partial charge >= 0.3 is 0 Å². The van der Waals surface area contributed by atoms with E-state index >= 15 is 0 Å². The molecular weight excluding hydrogens is 302 g/mol. The summed E-state index contributed by atoms with van der Waals surface area (Å²) in [6, 6.07) is 0. The van der Waals surface area contributed by atoms with Gasteiger partial charge in [0.15, 0.2) is 5.82 Å². The summed E-state index contributed by atoms with van der Waals surface area (Å²) in [5, 5.41) is 7.71. The smallest absolute Gasteiger partial charge is 0.257 e. The van der Waals surface area contributed by atoms with Crippen molar-refractivity contribution < 1.29 is 9.26 Å². The fraction of sp³-hybridized carbons (Fsp3) is 0.875. The van der Waals surface area contributed by atoms with Crippen molar-refractivity contribution in [1.29, 1.82) is 0 Å². The third kappa shape index (κ3) is 2.29. The van der Waals surface area contributed by atoms with Gasteiger partial charge in [-0.3, -0.25) is 0 Å². The monoisotopic (exact) mass is 325 g/mol. The first-order valence-corrected chi connectivity index (χ1v) is 8.47. The molecule has 6 heteroatoms. The second-order valence-electron chi connectivity index (χ2n) is 7.72. The van der Waals surface area contributed by atoms with E-state index in [2.05, 4.69) is 10.5 Å². The van der Waals surface area contributed by atoms with Crippen LogP contribution in [0.3, 0.4) is 0 Å². The summed E-state index contributed by atoms with van der Waals surface area (Å²) < 4.78 is 11.3. The number of rotatable bonds is 2. The van der Waals surface area contributed by atoms with Crippen LogP contribution in [0, 0.1) is 17.8 Å². The van der Waals surface area contributed by atoms with Crippen LogP contribution < -0.4 is 5.32 Å². The minimum absolute atomic E-state index is 0. The SMILES string of the molecule is C1CO[C@H](c2nc(C34CC5CC(CC(C5)C3)C4)no2)CN1.Cl. The van der Waals surface area contributed by atoms with E-state index in [1.54, 1.807) is 0 Å². The molecule has 1 aromatic heterocycles. The van der Waals surface area contributed by atoms with Crippen LogP contribution in [-0.2, 0) is 10.2 Å². The molecule has 4 aliphatic carbocycles. The molecule has 5 nitrogen and oxygen atoms in total. The highest BCUT2D eigenvalue weighted by molar-refractivity contribution is 5.85. The van der Waals surface area contributed by atoms with Gasteiger partial charge in [-0.25, -0.2) is 0 Å². The Morgan fingerprint density at radius 3 is 2.32 bits per heavy atom. The number of morpholine rings is 1. The predicted molar refractivity (Wildman–Crippen MR) is 83.0 cm³/mol. The molecule has 0 aromatic carbocycles. The maximum absolute atomic E-state index is 5.74. The number of hydrogen-bond acceptors (Lipinski definition) is 5. The third-order valence-corrected chi connectivity index (χ3v) is 6.16. The van der Waals surface area contributed by atoms with Crippen LogP contribution >= 0.6 is 12.4 Å². The van der Waals surface area contributed by atoms with E-state index in [0.29, 0.717) is 5.89 Å². The maximum Gasteiger partial charge on any atom is 0.257 e. The first kappa shape index (κ1) is 14.9. The van der Waals surface area contributed by atoms with E-state index in [9.17, 15) is 0 Å². The molecule has 0 spiro atoms. The second-order valence-corrected chi connectivity index (χ2v) is 7.72. The molecule has 0 amide bonds. The number of nitrogens with zero attached hydrogens (tertiary/aromatic N) is 2. The average molecular weight is 326 g/mol. The van der Waals surface area contributed by atoms with Gasteiger partial charge in [0, 0.05) is 18.5 Å². The summed E-state index contributed by atoms with van der Waals surface area (Å²) in [6.07, 6.45) is 8.11. The molecule has 22 heavy (non-hydrogen) atoms. The Balaban J connectivity index is 0.00000125. The summed E-state index contributed by atoms with van der Waals surface area (Å²) in [5.74, 6) is 4.38. The lowest BCUT2D eigenvalue weighted by Crippen LogP contribution is -2.49. The van der Waals surface area contributed by atoms with Crippen molar-refractivity contribution in [1.82, 2.24) is 15.5 Å². The molecule has 122 valence electrons. The molecule has 5 aliphatic rings. The van der Waals surface area contributed by atoms with Gasteiger partial charge in [0.25, 0.3) is 5.89 Å². The Labute approximate surface area is 137 Å². The Hall–Kier alpha value is -0.650. The Kier molecular flexibility index (Phi) is 3.70. The van der Waals surface area contributed by atoms with Crippen molar-refractivity contribution in [3.63, 3.8) is 0 Å². The molecule has 1 saturated heterocycles. The Morgan fingerprint density at radius 1 is 1.05 bits per heavy atom. The third-order valence-electron chi connectivity index (χ3n) is 6.16. The van der Waals surface area contributed by atoms with Crippen LogP contribution in [0.15, 0.2) is 4.52 Å². The molecule has 6 rings (SSSR count). The molecule has 1 aliphatic heterocycles. The molecule has 0 unspecified atom stereocenters. The highest BCUT2D eigenvalue weighted by Gasteiger charge is 2.54. The molecular formula is C16H24ClN3O2. The van der Waals surface area contributed by atoms with E-state index in [-0.39, 0.29) is 23.9 Å². The van der Waals surface area contributed by atoms with Gasteiger partial charge in [0.05, 0.1) is 6.61 Å². The lowest BCUT2D eigenvalue weighted by molar-refractivity contribution is -0.0103. The predicted octanol–water partition coefficient (Wildman–Crippen LogP) is 2.62. The van der Waals surface area contributed by atoms with Gasteiger partial charge in [-0.1, -0.05) is 5.16 Å². The summed E-state index contributed by atoms with van der Waals surface area (Å²) >= 11 is 0. The van der Waals surface area contributed by atoms with Crippen molar-refractivity contribution in [2.24, 2.45) is 17.8 Å². The topological polar surface area (TPSA) is 60.2 Å².